The highest BCUT2D eigenvalue weighted by Crippen LogP contribution is 2.16. The Labute approximate surface area is 95.0 Å². The van der Waals surface area contributed by atoms with Crippen LogP contribution in [0.15, 0.2) is 18.2 Å². The van der Waals surface area contributed by atoms with E-state index in [1.54, 1.807) is 19.1 Å². The third-order valence-corrected chi connectivity index (χ3v) is 3.02. The Balaban J connectivity index is 2.28. The lowest BCUT2D eigenvalue weighted by Gasteiger charge is -2.06. The molecule has 0 aliphatic carbocycles. The summed E-state index contributed by atoms with van der Waals surface area (Å²) in [5, 5.41) is 0. The van der Waals surface area contributed by atoms with Crippen LogP contribution in [0.1, 0.15) is 18.9 Å². The molecule has 15 heavy (non-hydrogen) atoms. The van der Waals surface area contributed by atoms with Crippen LogP contribution < -0.4 is 4.74 Å². The number of halogens is 1. The second-order valence-corrected chi connectivity index (χ2v) is 4.70. The van der Waals surface area contributed by atoms with Gasteiger partial charge in [0.05, 0.1) is 6.61 Å². The summed E-state index contributed by atoms with van der Waals surface area (Å²) in [6.07, 6.45) is 1.04. The van der Waals surface area contributed by atoms with Crippen molar-refractivity contribution >= 4 is 11.8 Å². The summed E-state index contributed by atoms with van der Waals surface area (Å²) in [6.45, 7) is 4.60. The van der Waals surface area contributed by atoms with Crippen molar-refractivity contribution in [3.05, 3.63) is 29.6 Å². The van der Waals surface area contributed by atoms with Gasteiger partial charge in [0.25, 0.3) is 0 Å². The highest BCUT2D eigenvalue weighted by atomic mass is 32.2. The molecule has 0 saturated heterocycles. The van der Waals surface area contributed by atoms with Gasteiger partial charge >= 0.3 is 0 Å². The second kappa shape index (κ2) is 6.72. The van der Waals surface area contributed by atoms with Crippen molar-refractivity contribution in [3.8, 4) is 5.75 Å². The number of hydrogen-bond acceptors (Lipinski definition) is 2. The van der Waals surface area contributed by atoms with Gasteiger partial charge in [-0.05, 0) is 48.6 Å². The lowest BCUT2D eigenvalue weighted by atomic mass is 10.2. The van der Waals surface area contributed by atoms with Gasteiger partial charge in [0.15, 0.2) is 0 Å². The van der Waals surface area contributed by atoms with Gasteiger partial charge in [0.1, 0.15) is 11.6 Å². The molecule has 1 rings (SSSR count). The molecule has 0 aliphatic heterocycles. The Morgan fingerprint density at radius 1 is 1.40 bits per heavy atom. The predicted octanol–water partition coefficient (Wildman–Crippen LogP) is 3.66. The van der Waals surface area contributed by atoms with Crippen LogP contribution >= 0.6 is 11.8 Å². The number of thioether (sulfide) groups is 1. The molecule has 84 valence electrons. The van der Waals surface area contributed by atoms with Gasteiger partial charge < -0.3 is 4.74 Å². The normalized spacial score (nSPS) is 10.3. The topological polar surface area (TPSA) is 9.23 Å². The fourth-order valence-corrected chi connectivity index (χ4v) is 1.81. The Morgan fingerprint density at radius 3 is 2.87 bits per heavy atom. The summed E-state index contributed by atoms with van der Waals surface area (Å²) in [6, 6.07) is 4.86. The molecule has 0 spiro atoms. The van der Waals surface area contributed by atoms with Crippen LogP contribution in [0.2, 0.25) is 0 Å². The molecule has 3 heteroatoms. The quantitative estimate of drug-likeness (QED) is 0.687. The van der Waals surface area contributed by atoms with E-state index in [0.717, 1.165) is 23.7 Å². The van der Waals surface area contributed by atoms with E-state index in [2.05, 4.69) is 6.92 Å². The van der Waals surface area contributed by atoms with E-state index in [4.69, 9.17) is 4.74 Å². The standard InChI is InChI=1S/C12H17FOS/c1-3-15-8-4-7-14-11-5-6-12(13)10(2)9-11/h5-6,9H,3-4,7-8H2,1-2H3. The maximum absolute atomic E-state index is 12.9. The second-order valence-electron chi connectivity index (χ2n) is 3.31. The molecule has 0 fully saturated rings. The van der Waals surface area contributed by atoms with Crippen molar-refractivity contribution < 1.29 is 9.13 Å². The predicted molar refractivity (Wildman–Crippen MR) is 64.2 cm³/mol. The molecule has 0 aromatic heterocycles. The highest BCUT2D eigenvalue weighted by molar-refractivity contribution is 7.99. The van der Waals surface area contributed by atoms with Crippen molar-refractivity contribution in [3.63, 3.8) is 0 Å². The van der Waals surface area contributed by atoms with E-state index in [1.165, 1.54) is 6.07 Å². The van der Waals surface area contributed by atoms with Crippen molar-refractivity contribution in [2.24, 2.45) is 0 Å². The number of hydrogen-bond donors (Lipinski definition) is 0. The van der Waals surface area contributed by atoms with Crippen LogP contribution in [-0.4, -0.2) is 18.1 Å². The Bertz CT molecular complexity index is 302. The zero-order valence-corrected chi connectivity index (χ0v) is 10.1. The first-order valence-corrected chi connectivity index (χ1v) is 6.36. The molecule has 0 atom stereocenters. The first-order valence-electron chi connectivity index (χ1n) is 5.20. The Kier molecular flexibility index (Phi) is 5.54. The van der Waals surface area contributed by atoms with E-state index >= 15 is 0 Å². The van der Waals surface area contributed by atoms with Gasteiger partial charge in [-0.15, -0.1) is 0 Å². The van der Waals surface area contributed by atoms with Crippen LogP contribution in [0.4, 0.5) is 4.39 Å². The molecule has 0 saturated carbocycles. The largest absolute Gasteiger partial charge is 0.494 e. The lowest BCUT2D eigenvalue weighted by molar-refractivity contribution is 0.318. The first-order chi connectivity index (χ1) is 7.24. The van der Waals surface area contributed by atoms with Crippen LogP contribution in [0, 0.1) is 12.7 Å². The molecule has 0 N–H and O–H groups in total. The van der Waals surface area contributed by atoms with Gasteiger partial charge in [0.2, 0.25) is 0 Å². The first kappa shape index (κ1) is 12.4. The molecule has 1 aromatic rings. The maximum Gasteiger partial charge on any atom is 0.126 e. The molecule has 0 heterocycles. The van der Waals surface area contributed by atoms with E-state index in [0.29, 0.717) is 12.2 Å². The van der Waals surface area contributed by atoms with Crippen molar-refractivity contribution in [1.29, 1.82) is 0 Å². The summed E-state index contributed by atoms with van der Waals surface area (Å²) in [7, 11) is 0. The molecule has 0 aliphatic rings. The highest BCUT2D eigenvalue weighted by Gasteiger charge is 1.99. The van der Waals surface area contributed by atoms with E-state index < -0.39 is 0 Å². The minimum Gasteiger partial charge on any atom is -0.494 e. The molecule has 1 aromatic carbocycles. The van der Waals surface area contributed by atoms with Gasteiger partial charge in [-0.2, -0.15) is 11.8 Å². The Morgan fingerprint density at radius 2 is 2.20 bits per heavy atom. The zero-order chi connectivity index (χ0) is 11.1. The average Bonchev–Trinajstić information content (AvgIpc) is 2.23. The lowest BCUT2D eigenvalue weighted by Crippen LogP contribution is -1.99. The average molecular weight is 228 g/mol. The minimum atomic E-state index is -0.177. The van der Waals surface area contributed by atoms with E-state index in [9.17, 15) is 4.39 Å². The van der Waals surface area contributed by atoms with Crippen molar-refractivity contribution in [1.82, 2.24) is 0 Å². The number of rotatable bonds is 6. The van der Waals surface area contributed by atoms with Crippen molar-refractivity contribution in [2.75, 3.05) is 18.1 Å². The van der Waals surface area contributed by atoms with E-state index in [-0.39, 0.29) is 5.82 Å². The molecular weight excluding hydrogens is 211 g/mol. The SMILES string of the molecule is CCSCCCOc1ccc(F)c(C)c1. The van der Waals surface area contributed by atoms with Crippen molar-refractivity contribution in [2.45, 2.75) is 20.3 Å². The maximum atomic E-state index is 12.9. The fourth-order valence-electron chi connectivity index (χ4n) is 1.20. The smallest absolute Gasteiger partial charge is 0.126 e. The monoisotopic (exact) mass is 228 g/mol. The number of aryl methyl sites for hydroxylation is 1. The summed E-state index contributed by atoms with van der Waals surface area (Å²) in [5.74, 6) is 2.85. The third kappa shape index (κ3) is 4.56. The van der Waals surface area contributed by atoms with Crippen LogP contribution in [-0.2, 0) is 0 Å². The molecule has 0 amide bonds. The van der Waals surface area contributed by atoms with Gasteiger partial charge in [-0.3, -0.25) is 0 Å². The van der Waals surface area contributed by atoms with Crippen LogP contribution in [0.25, 0.3) is 0 Å². The van der Waals surface area contributed by atoms with Gasteiger partial charge in [-0.25, -0.2) is 4.39 Å². The van der Waals surface area contributed by atoms with Gasteiger partial charge in [0, 0.05) is 0 Å². The summed E-state index contributed by atoms with van der Waals surface area (Å²) in [4.78, 5) is 0. The summed E-state index contributed by atoms with van der Waals surface area (Å²) in [5.41, 5.74) is 0.635. The minimum absolute atomic E-state index is 0.177. The molecule has 0 bridgehead atoms. The molecule has 1 nitrogen and oxygen atoms in total. The fraction of sp³-hybridized carbons (Fsp3) is 0.500. The van der Waals surface area contributed by atoms with Crippen LogP contribution in [0.5, 0.6) is 5.75 Å². The molecule has 0 unspecified atom stereocenters. The summed E-state index contributed by atoms with van der Waals surface area (Å²) >= 11 is 1.91. The molecular formula is C12H17FOS. The zero-order valence-electron chi connectivity index (χ0n) is 9.25. The Hall–Kier alpha value is -0.700. The third-order valence-electron chi connectivity index (χ3n) is 2.04. The van der Waals surface area contributed by atoms with Crippen LogP contribution in [0.3, 0.4) is 0 Å². The summed E-state index contributed by atoms with van der Waals surface area (Å²) < 4.78 is 18.4. The number of ether oxygens (including phenoxy) is 1. The number of benzene rings is 1. The van der Waals surface area contributed by atoms with E-state index in [1.807, 2.05) is 11.8 Å². The molecule has 0 radical (unpaired) electrons. The van der Waals surface area contributed by atoms with Gasteiger partial charge in [-0.1, -0.05) is 6.92 Å².